The van der Waals surface area contributed by atoms with E-state index in [1.165, 1.54) is 0 Å². The first kappa shape index (κ1) is 18.7. The SMILES string of the molecule is N#CCCCCCNC(=O)Nc1cc(Sc2ccccc2)ccc1N. The summed E-state index contributed by atoms with van der Waals surface area (Å²) in [6, 6.07) is 17.5. The highest BCUT2D eigenvalue weighted by Gasteiger charge is 2.07. The molecule has 0 radical (unpaired) electrons. The number of benzene rings is 2. The van der Waals surface area contributed by atoms with Gasteiger partial charge in [0.2, 0.25) is 0 Å². The molecule has 130 valence electrons. The van der Waals surface area contributed by atoms with Gasteiger partial charge in [0, 0.05) is 22.8 Å². The fraction of sp³-hybridized carbons (Fsp3) is 0.263. The molecule has 0 heterocycles. The summed E-state index contributed by atoms with van der Waals surface area (Å²) in [6.45, 7) is 0.579. The first-order chi connectivity index (χ1) is 12.2. The molecule has 0 unspecified atom stereocenters. The number of anilines is 2. The number of carbonyl (C=O) groups excluding carboxylic acids is 1. The van der Waals surface area contributed by atoms with Gasteiger partial charge in [0.15, 0.2) is 0 Å². The molecule has 0 saturated carbocycles. The maximum absolute atomic E-state index is 12.0. The van der Waals surface area contributed by atoms with E-state index >= 15 is 0 Å². The van der Waals surface area contributed by atoms with Gasteiger partial charge in [-0.2, -0.15) is 5.26 Å². The van der Waals surface area contributed by atoms with Gasteiger partial charge in [-0.25, -0.2) is 4.79 Å². The number of amides is 2. The summed E-state index contributed by atoms with van der Waals surface area (Å²) in [5, 5.41) is 14.1. The number of urea groups is 1. The number of carbonyl (C=O) groups is 1. The minimum Gasteiger partial charge on any atom is -0.397 e. The first-order valence-corrected chi connectivity index (χ1v) is 9.05. The van der Waals surface area contributed by atoms with Crippen LogP contribution in [0.5, 0.6) is 0 Å². The van der Waals surface area contributed by atoms with Crippen molar-refractivity contribution in [3.63, 3.8) is 0 Å². The van der Waals surface area contributed by atoms with Crippen molar-refractivity contribution >= 4 is 29.2 Å². The van der Waals surface area contributed by atoms with Crippen molar-refractivity contribution < 1.29 is 4.79 Å². The van der Waals surface area contributed by atoms with E-state index < -0.39 is 0 Å². The highest BCUT2D eigenvalue weighted by molar-refractivity contribution is 7.99. The van der Waals surface area contributed by atoms with Crippen LogP contribution in [0, 0.1) is 11.3 Å². The number of nitrogens with one attached hydrogen (secondary N) is 2. The molecule has 2 rings (SSSR count). The number of nitriles is 1. The summed E-state index contributed by atoms with van der Waals surface area (Å²) in [7, 11) is 0. The molecule has 0 fully saturated rings. The van der Waals surface area contributed by atoms with Gasteiger partial charge in [-0.15, -0.1) is 0 Å². The number of hydrogen-bond donors (Lipinski definition) is 3. The summed E-state index contributed by atoms with van der Waals surface area (Å²) < 4.78 is 0. The van der Waals surface area contributed by atoms with Gasteiger partial charge in [0.1, 0.15) is 0 Å². The van der Waals surface area contributed by atoms with Crippen LogP contribution in [0.15, 0.2) is 58.3 Å². The molecule has 2 amide bonds. The highest BCUT2D eigenvalue weighted by atomic mass is 32.2. The van der Waals surface area contributed by atoms with Crippen LogP contribution in [-0.2, 0) is 0 Å². The average molecular weight is 354 g/mol. The molecule has 6 heteroatoms. The van der Waals surface area contributed by atoms with Crippen molar-refractivity contribution in [1.82, 2.24) is 5.32 Å². The Hall–Kier alpha value is -2.65. The Bertz CT molecular complexity index is 728. The van der Waals surface area contributed by atoms with E-state index in [1.807, 2.05) is 42.5 Å². The molecule has 0 aromatic heterocycles. The Labute approximate surface area is 152 Å². The van der Waals surface area contributed by atoms with Crippen molar-refractivity contribution in [3.8, 4) is 6.07 Å². The van der Waals surface area contributed by atoms with Crippen molar-refractivity contribution in [2.24, 2.45) is 0 Å². The average Bonchev–Trinajstić information content (AvgIpc) is 2.62. The van der Waals surface area contributed by atoms with Crippen molar-refractivity contribution in [2.45, 2.75) is 35.5 Å². The fourth-order valence-electron chi connectivity index (χ4n) is 2.21. The topological polar surface area (TPSA) is 90.9 Å². The van der Waals surface area contributed by atoms with Gasteiger partial charge in [0.05, 0.1) is 17.4 Å². The quantitative estimate of drug-likeness (QED) is 0.476. The molecule has 4 N–H and O–H groups in total. The van der Waals surface area contributed by atoms with Crippen molar-refractivity contribution in [1.29, 1.82) is 5.26 Å². The summed E-state index contributed by atoms with van der Waals surface area (Å²) in [4.78, 5) is 14.1. The Morgan fingerprint density at radius 2 is 1.88 bits per heavy atom. The van der Waals surface area contributed by atoms with E-state index in [0.717, 1.165) is 29.1 Å². The lowest BCUT2D eigenvalue weighted by Gasteiger charge is -2.11. The Kier molecular flexibility index (Phi) is 7.67. The van der Waals surface area contributed by atoms with Gasteiger partial charge in [-0.3, -0.25) is 0 Å². The molecule has 2 aromatic carbocycles. The number of unbranched alkanes of at least 4 members (excludes halogenated alkanes) is 3. The van der Waals surface area contributed by atoms with E-state index in [2.05, 4.69) is 16.7 Å². The van der Waals surface area contributed by atoms with E-state index in [9.17, 15) is 4.79 Å². The predicted molar refractivity (Wildman–Crippen MR) is 103 cm³/mol. The molecule has 0 bridgehead atoms. The second-order valence-electron chi connectivity index (χ2n) is 5.51. The van der Waals surface area contributed by atoms with Crippen LogP contribution >= 0.6 is 11.8 Å². The molecule has 2 aromatic rings. The number of rotatable bonds is 8. The van der Waals surface area contributed by atoms with Crippen LogP contribution in [0.4, 0.5) is 16.2 Å². The number of nitrogens with two attached hydrogens (primary N) is 1. The third-order valence-corrected chi connectivity index (χ3v) is 4.50. The largest absolute Gasteiger partial charge is 0.397 e. The van der Waals surface area contributed by atoms with E-state index in [0.29, 0.717) is 24.3 Å². The zero-order valence-electron chi connectivity index (χ0n) is 14.0. The van der Waals surface area contributed by atoms with Gasteiger partial charge in [0.25, 0.3) is 0 Å². The lowest BCUT2D eigenvalue weighted by Crippen LogP contribution is -2.29. The highest BCUT2D eigenvalue weighted by Crippen LogP contribution is 2.31. The summed E-state index contributed by atoms with van der Waals surface area (Å²) in [5.74, 6) is 0. The van der Waals surface area contributed by atoms with E-state index in [-0.39, 0.29) is 6.03 Å². The zero-order chi connectivity index (χ0) is 17.9. The second kappa shape index (κ2) is 10.3. The maximum atomic E-state index is 12.0. The van der Waals surface area contributed by atoms with Gasteiger partial charge in [-0.05, 0) is 43.2 Å². The first-order valence-electron chi connectivity index (χ1n) is 8.23. The second-order valence-corrected chi connectivity index (χ2v) is 6.66. The van der Waals surface area contributed by atoms with Gasteiger partial charge in [-0.1, -0.05) is 36.4 Å². The van der Waals surface area contributed by atoms with Crippen LogP contribution in [0.1, 0.15) is 25.7 Å². The lowest BCUT2D eigenvalue weighted by atomic mass is 10.2. The zero-order valence-corrected chi connectivity index (χ0v) is 14.8. The summed E-state index contributed by atoms with van der Waals surface area (Å²) in [6.07, 6.45) is 3.22. The number of nitrogens with zero attached hydrogens (tertiary/aromatic N) is 1. The molecule has 0 aliphatic heterocycles. The van der Waals surface area contributed by atoms with Crippen LogP contribution in [0.3, 0.4) is 0 Å². The Balaban J connectivity index is 1.85. The normalized spacial score (nSPS) is 10.0. The molecular formula is C19H22N4OS. The molecule has 5 nitrogen and oxygen atoms in total. The smallest absolute Gasteiger partial charge is 0.319 e. The molecule has 0 aliphatic carbocycles. The Morgan fingerprint density at radius 3 is 2.64 bits per heavy atom. The minimum atomic E-state index is -0.270. The number of nitrogen functional groups attached to an aromatic ring is 1. The predicted octanol–water partition coefficient (Wildman–Crippen LogP) is 4.63. The third kappa shape index (κ3) is 6.77. The summed E-state index contributed by atoms with van der Waals surface area (Å²) in [5.41, 5.74) is 7.09. The standard InChI is InChI=1S/C19H22N4OS/c20-12-6-1-2-7-13-22-19(24)23-18-14-16(10-11-17(18)21)25-15-8-4-3-5-9-15/h3-5,8-11,14H,1-2,6-7,13,21H2,(H2,22,23,24). The van der Waals surface area contributed by atoms with Crippen molar-refractivity contribution in [3.05, 3.63) is 48.5 Å². The molecule has 25 heavy (non-hydrogen) atoms. The van der Waals surface area contributed by atoms with Gasteiger partial charge < -0.3 is 16.4 Å². The van der Waals surface area contributed by atoms with Crippen LogP contribution in [0.2, 0.25) is 0 Å². The lowest BCUT2D eigenvalue weighted by molar-refractivity contribution is 0.252. The van der Waals surface area contributed by atoms with Crippen LogP contribution in [-0.4, -0.2) is 12.6 Å². The molecule has 0 saturated heterocycles. The van der Waals surface area contributed by atoms with Crippen LogP contribution in [0.25, 0.3) is 0 Å². The van der Waals surface area contributed by atoms with Crippen molar-refractivity contribution in [2.75, 3.05) is 17.6 Å². The fourth-order valence-corrected chi connectivity index (χ4v) is 3.08. The minimum absolute atomic E-state index is 0.270. The molecule has 0 spiro atoms. The van der Waals surface area contributed by atoms with Crippen LogP contribution < -0.4 is 16.4 Å². The maximum Gasteiger partial charge on any atom is 0.319 e. The monoisotopic (exact) mass is 354 g/mol. The van der Waals surface area contributed by atoms with Gasteiger partial charge >= 0.3 is 6.03 Å². The summed E-state index contributed by atoms with van der Waals surface area (Å²) >= 11 is 1.61. The molecule has 0 atom stereocenters. The van der Waals surface area contributed by atoms with E-state index in [4.69, 9.17) is 11.0 Å². The third-order valence-electron chi connectivity index (χ3n) is 3.50. The molecule has 0 aliphatic rings. The number of hydrogen-bond acceptors (Lipinski definition) is 4. The molecular weight excluding hydrogens is 332 g/mol. The van der Waals surface area contributed by atoms with E-state index in [1.54, 1.807) is 17.8 Å². The Morgan fingerprint density at radius 1 is 1.08 bits per heavy atom.